The van der Waals surface area contributed by atoms with Gasteiger partial charge in [-0.2, -0.15) is 17.9 Å². The predicted octanol–water partition coefficient (Wildman–Crippen LogP) is 4.72. The van der Waals surface area contributed by atoms with Crippen LogP contribution in [0.4, 0.5) is 23.7 Å². The Hall–Kier alpha value is -1.32. The van der Waals surface area contributed by atoms with E-state index in [1.807, 2.05) is 0 Å². The molecule has 0 aromatic heterocycles. The first-order chi connectivity index (χ1) is 16.0. The number of benzene rings is 1. The van der Waals surface area contributed by atoms with Gasteiger partial charge in [-0.3, -0.25) is 0 Å². The van der Waals surface area contributed by atoms with E-state index in [1.165, 1.54) is 18.2 Å². The van der Waals surface area contributed by atoms with E-state index in [2.05, 4.69) is 10.6 Å². The van der Waals surface area contributed by atoms with Crippen molar-refractivity contribution in [2.75, 3.05) is 5.32 Å². The zero-order valence-corrected chi connectivity index (χ0v) is 23.1. The number of aliphatic hydroxyl groups excluding tert-OH is 1. The lowest BCUT2D eigenvalue weighted by Crippen LogP contribution is -2.52. The molecule has 1 saturated carbocycles. The molecule has 0 unspecified atom stereocenters. The summed E-state index contributed by atoms with van der Waals surface area (Å²) < 4.78 is 70.5. The number of ether oxygens (including phenoxy) is 1. The van der Waals surface area contributed by atoms with Crippen molar-refractivity contribution in [3.8, 4) is 0 Å². The summed E-state index contributed by atoms with van der Waals surface area (Å²) in [5.41, 5.74) is -0.370. The molecule has 1 aliphatic rings. The Morgan fingerprint density at radius 2 is 1.77 bits per heavy atom. The van der Waals surface area contributed by atoms with E-state index < -0.39 is 46.2 Å². The highest BCUT2D eigenvalue weighted by molar-refractivity contribution is 14.1. The first-order valence-corrected chi connectivity index (χ1v) is 13.9. The number of halogens is 4. The Balaban J connectivity index is 2.19. The van der Waals surface area contributed by atoms with E-state index in [-0.39, 0.29) is 14.4 Å². The Kier molecular flexibility index (Phi) is 10.1. The Labute approximate surface area is 218 Å². The summed E-state index contributed by atoms with van der Waals surface area (Å²) in [5, 5.41) is 16.6. The van der Waals surface area contributed by atoms with Gasteiger partial charge in [-0.25, -0.2) is 13.2 Å². The van der Waals surface area contributed by atoms with Gasteiger partial charge in [0.05, 0.1) is 10.9 Å². The lowest BCUT2D eigenvalue weighted by molar-refractivity contribution is -0.147. The van der Waals surface area contributed by atoms with Crippen molar-refractivity contribution < 1.29 is 36.2 Å². The van der Waals surface area contributed by atoms with Crippen LogP contribution in [0.2, 0.25) is 0 Å². The third-order valence-electron chi connectivity index (χ3n) is 5.54. The molecular weight excluding hydrogens is 602 g/mol. The lowest BCUT2D eigenvalue weighted by Gasteiger charge is -2.35. The number of aliphatic hydroxyl groups is 1. The van der Waals surface area contributed by atoms with Crippen LogP contribution in [-0.2, 0) is 14.8 Å². The standard InChI is InChI=1S/C22H33F3IN3O5S/c1-13(22(23,24)25)29-35(32,33)17-11-10-15(12-16(17)26)27-19(30)18(14-8-6-5-7-9-14)28-20(31)34-21(2,3)4/h10-14,18-19,27,29-30H,5-9H2,1-4H3,(H,28,31)/t13-,18-,19-/m0/s1. The zero-order valence-electron chi connectivity index (χ0n) is 20.1. The monoisotopic (exact) mass is 635 g/mol. The second kappa shape index (κ2) is 11.8. The molecule has 0 bridgehead atoms. The second-order valence-corrected chi connectivity index (χ2v) is 12.5. The summed E-state index contributed by atoms with van der Waals surface area (Å²) in [6, 6.07) is 1.00. The highest BCUT2D eigenvalue weighted by atomic mass is 127. The van der Waals surface area contributed by atoms with Crippen molar-refractivity contribution in [3.05, 3.63) is 21.8 Å². The van der Waals surface area contributed by atoms with E-state index >= 15 is 0 Å². The fourth-order valence-electron chi connectivity index (χ4n) is 3.82. The topological polar surface area (TPSA) is 117 Å². The summed E-state index contributed by atoms with van der Waals surface area (Å²) in [7, 11) is -4.43. The van der Waals surface area contributed by atoms with Gasteiger partial charge in [0.2, 0.25) is 10.0 Å². The van der Waals surface area contributed by atoms with Crippen molar-refractivity contribution in [2.24, 2.45) is 5.92 Å². The Morgan fingerprint density at radius 1 is 1.17 bits per heavy atom. The van der Waals surface area contributed by atoms with Gasteiger partial charge in [-0.15, -0.1) is 0 Å². The summed E-state index contributed by atoms with van der Waals surface area (Å²) in [4.78, 5) is 12.1. The Bertz CT molecular complexity index is 980. The van der Waals surface area contributed by atoms with Crippen LogP contribution >= 0.6 is 22.6 Å². The molecule has 0 spiro atoms. The number of sulfonamides is 1. The molecular formula is C22H33F3IN3O5S. The third kappa shape index (κ3) is 9.25. The maximum absolute atomic E-state index is 12.8. The van der Waals surface area contributed by atoms with Crippen molar-refractivity contribution >= 4 is 44.4 Å². The SMILES string of the molecule is C[C@H](NS(=O)(=O)c1ccc(N[C@@H](O)[C@@H](NC(=O)OC(C)(C)C)C2CCCCC2)cc1I)C(F)(F)F. The minimum Gasteiger partial charge on any atom is -0.444 e. The first kappa shape index (κ1) is 29.9. The molecule has 13 heteroatoms. The van der Waals surface area contributed by atoms with Crippen molar-refractivity contribution in [1.29, 1.82) is 0 Å². The van der Waals surface area contributed by atoms with Crippen molar-refractivity contribution in [3.63, 3.8) is 0 Å². The van der Waals surface area contributed by atoms with Gasteiger partial charge >= 0.3 is 12.3 Å². The van der Waals surface area contributed by atoms with Gasteiger partial charge in [0.15, 0.2) is 0 Å². The number of carbonyl (C=O) groups is 1. The summed E-state index contributed by atoms with van der Waals surface area (Å²) in [6.45, 7) is 5.93. The summed E-state index contributed by atoms with van der Waals surface area (Å²) in [5.74, 6) is 0.00514. The molecule has 1 amide bonds. The number of carbonyl (C=O) groups excluding carboxylic acids is 1. The highest BCUT2D eigenvalue weighted by Gasteiger charge is 2.39. The molecule has 1 fully saturated rings. The second-order valence-electron chi connectivity index (χ2n) is 9.69. The average Bonchev–Trinajstić information content (AvgIpc) is 2.70. The molecule has 0 heterocycles. The van der Waals surface area contributed by atoms with Crippen LogP contribution in [0, 0.1) is 9.49 Å². The van der Waals surface area contributed by atoms with E-state index in [1.54, 1.807) is 48.1 Å². The number of nitrogens with one attached hydrogen (secondary N) is 3. The smallest absolute Gasteiger partial charge is 0.408 e. The molecule has 200 valence electrons. The van der Waals surface area contributed by atoms with E-state index in [9.17, 15) is 31.5 Å². The van der Waals surface area contributed by atoms with Gasteiger partial charge in [0.25, 0.3) is 0 Å². The van der Waals surface area contributed by atoms with Crippen LogP contribution in [0.1, 0.15) is 59.8 Å². The van der Waals surface area contributed by atoms with Crippen molar-refractivity contribution in [1.82, 2.24) is 10.0 Å². The minimum absolute atomic E-state index is 0.00514. The van der Waals surface area contributed by atoms with E-state index in [0.717, 1.165) is 39.0 Å². The van der Waals surface area contributed by atoms with Gasteiger partial charge in [-0.1, -0.05) is 19.3 Å². The maximum Gasteiger partial charge on any atom is 0.408 e. The van der Waals surface area contributed by atoms with Crippen LogP contribution in [0.15, 0.2) is 23.1 Å². The fraction of sp³-hybridized carbons (Fsp3) is 0.682. The molecule has 1 aliphatic carbocycles. The number of anilines is 1. The van der Waals surface area contributed by atoms with Crippen molar-refractivity contribution in [2.45, 2.75) is 94.8 Å². The van der Waals surface area contributed by atoms with Gasteiger partial charge in [0.1, 0.15) is 17.9 Å². The molecule has 0 aliphatic heterocycles. The number of hydrogen-bond acceptors (Lipinski definition) is 6. The molecule has 35 heavy (non-hydrogen) atoms. The molecule has 1 aromatic rings. The molecule has 4 N–H and O–H groups in total. The van der Waals surface area contributed by atoms with E-state index in [0.29, 0.717) is 5.69 Å². The Morgan fingerprint density at radius 3 is 2.29 bits per heavy atom. The van der Waals surface area contributed by atoms with Crippen LogP contribution < -0.4 is 15.4 Å². The van der Waals surface area contributed by atoms with Crippen LogP contribution in [0.25, 0.3) is 0 Å². The number of hydrogen-bond donors (Lipinski definition) is 4. The normalized spacial score (nSPS) is 18.4. The molecule has 1 aromatic carbocycles. The van der Waals surface area contributed by atoms with E-state index in [4.69, 9.17) is 4.74 Å². The maximum atomic E-state index is 12.8. The number of amides is 1. The molecule has 0 saturated heterocycles. The van der Waals surface area contributed by atoms with Crippen LogP contribution in [0.3, 0.4) is 0 Å². The van der Waals surface area contributed by atoms with Crippen LogP contribution in [-0.4, -0.2) is 49.7 Å². The minimum atomic E-state index is -4.72. The summed E-state index contributed by atoms with van der Waals surface area (Å²) >= 11 is 1.71. The fourth-order valence-corrected chi connectivity index (χ4v) is 6.50. The lowest BCUT2D eigenvalue weighted by atomic mass is 9.83. The quantitative estimate of drug-likeness (QED) is 0.243. The molecule has 3 atom stereocenters. The van der Waals surface area contributed by atoms with Gasteiger partial charge in [-0.05, 0) is 87.2 Å². The number of alkyl carbamates (subject to hydrolysis) is 1. The van der Waals surface area contributed by atoms with Gasteiger partial charge < -0.3 is 20.5 Å². The third-order valence-corrected chi connectivity index (χ3v) is 8.40. The average molecular weight is 635 g/mol. The zero-order chi connectivity index (χ0) is 26.6. The number of rotatable bonds is 8. The molecule has 8 nitrogen and oxygen atoms in total. The largest absolute Gasteiger partial charge is 0.444 e. The summed E-state index contributed by atoms with van der Waals surface area (Å²) in [6.07, 6.45) is -1.95. The first-order valence-electron chi connectivity index (χ1n) is 11.3. The predicted molar refractivity (Wildman–Crippen MR) is 134 cm³/mol. The van der Waals surface area contributed by atoms with Crippen LogP contribution in [0.5, 0.6) is 0 Å². The number of alkyl halides is 3. The molecule has 2 rings (SSSR count). The molecule has 0 radical (unpaired) electrons. The highest BCUT2D eigenvalue weighted by Crippen LogP contribution is 2.30. The van der Waals surface area contributed by atoms with Gasteiger partial charge in [0, 0.05) is 9.26 Å².